The average Bonchev–Trinajstić information content (AvgIpc) is 2.57. The average molecular weight is 435 g/mol. The Morgan fingerprint density at radius 3 is 2.67 bits per heavy atom. The number of nitrogens with one attached hydrogen (secondary N) is 1. The van der Waals surface area contributed by atoms with Crippen molar-refractivity contribution in [2.45, 2.75) is 30.6 Å². The van der Waals surface area contributed by atoms with Gasteiger partial charge in [-0.25, -0.2) is 0 Å². The number of rotatable bonds is 8. The van der Waals surface area contributed by atoms with Crippen LogP contribution in [0.4, 0.5) is 0 Å². The van der Waals surface area contributed by atoms with Crippen LogP contribution < -0.4 is 0 Å². The molecule has 0 aromatic rings. The van der Waals surface area contributed by atoms with Crippen molar-refractivity contribution in [3.05, 3.63) is 84.1 Å². The summed E-state index contributed by atoms with van der Waals surface area (Å²) in [6.45, 7) is 8.40. The largest absolute Gasteiger partial charge is 0.480 e. The number of hydrogen-bond donors (Lipinski definition) is 1. The molecule has 24 heavy (non-hydrogen) atoms. The Balaban J connectivity index is 2.53. The Morgan fingerprint density at radius 1 is 1.29 bits per heavy atom. The second kappa shape index (κ2) is 11.8. The smallest absolute Gasteiger partial charge is 0.194 e. The van der Waals surface area contributed by atoms with E-state index in [0.29, 0.717) is 12.5 Å². The predicted octanol–water partition coefficient (Wildman–Crippen LogP) is 6.25. The van der Waals surface area contributed by atoms with Crippen LogP contribution >= 0.6 is 22.6 Å². The summed E-state index contributed by atoms with van der Waals surface area (Å²) in [4.78, 5) is 0. The van der Waals surface area contributed by atoms with Crippen molar-refractivity contribution in [3.8, 4) is 0 Å². The lowest BCUT2D eigenvalue weighted by Gasteiger charge is -2.15. The van der Waals surface area contributed by atoms with E-state index in [-0.39, 0.29) is 3.92 Å². The fourth-order valence-electron chi connectivity index (χ4n) is 2.10. The summed E-state index contributed by atoms with van der Waals surface area (Å²) in [6.07, 6.45) is 21.7. The van der Waals surface area contributed by atoms with Crippen molar-refractivity contribution in [3.63, 3.8) is 0 Å². The van der Waals surface area contributed by atoms with Gasteiger partial charge in [-0.15, -0.1) is 0 Å². The van der Waals surface area contributed by atoms with Gasteiger partial charge in [-0.1, -0.05) is 89.9 Å². The van der Waals surface area contributed by atoms with Crippen molar-refractivity contribution in [2.75, 3.05) is 6.61 Å². The topological polar surface area (TPSA) is 33.1 Å². The van der Waals surface area contributed by atoms with Gasteiger partial charge in [0.15, 0.2) is 5.90 Å². The first-order valence-electron chi connectivity index (χ1n) is 8.09. The molecule has 0 amide bonds. The number of halogens is 1. The predicted molar refractivity (Wildman–Crippen MR) is 114 cm³/mol. The van der Waals surface area contributed by atoms with E-state index in [0.717, 1.165) is 18.4 Å². The van der Waals surface area contributed by atoms with E-state index in [9.17, 15) is 0 Å². The summed E-state index contributed by atoms with van der Waals surface area (Å²) >= 11 is 2.29. The maximum Gasteiger partial charge on any atom is 0.194 e. The summed E-state index contributed by atoms with van der Waals surface area (Å²) in [5.74, 6) is 0.334. The molecule has 0 bridgehead atoms. The Bertz CT molecular complexity index is 618. The standard InChI is InChI=1S/C21H26INO/c1-4-6-12-18(5-2)14-15-24-21(23)20(22)16-19-13-10-8-7-9-11-17(19)3/h4-13,20,23H,2,14-16H2,1,3H3/b6-4-,8-7-,9-7?,10-8?,11-9-,13-10?,17-11?,18-12+,19-13?,19-17?,23-21?/t20-/m0/s1. The molecule has 0 fully saturated rings. The molecule has 1 N–H and O–H groups in total. The normalized spacial score (nSPS) is 18.9. The van der Waals surface area contributed by atoms with E-state index < -0.39 is 0 Å². The van der Waals surface area contributed by atoms with E-state index in [4.69, 9.17) is 10.1 Å². The van der Waals surface area contributed by atoms with E-state index >= 15 is 0 Å². The lowest BCUT2D eigenvalue weighted by atomic mass is 10.0. The molecular formula is C21H26INO. The van der Waals surface area contributed by atoms with Crippen molar-refractivity contribution in [1.82, 2.24) is 0 Å². The van der Waals surface area contributed by atoms with Crippen molar-refractivity contribution < 1.29 is 4.74 Å². The second-order valence-electron chi connectivity index (χ2n) is 5.42. The minimum Gasteiger partial charge on any atom is -0.480 e. The molecule has 1 aliphatic carbocycles. The van der Waals surface area contributed by atoms with Crippen LogP contribution in [0.3, 0.4) is 0 Å². The minimum absolute atomic E-state index is 0.0284. The van der Waals surface area contributed by atoms with E-state index in [1.165, 1.54) is 11.1 Å². The molecule has 0 heterocycles. The third-order valence-electron chi connectivity index (χ3n) is 3.58. The van der Waals surface area contributed by atoms with E-state index in [2.05, 4.69) is 48.2 Å². The van der Waals surface area contributed by atoms with Crippen molar-refractivity contribution in [1.29, 1.82) is 5.41 Å². The van der Waals surface area contributed by atoms with Gasteiger partial charge in [0.2, 0.25) is 0 Å². The quantitative estimate of drug-likeness (QED) is 0.158. The third kappa shape index (κ3) is 7.77. The van der Waals surface area contributed by atoms with Gasteiger partial charge < -0.3 is 4.74 Å². The Morgan fingerprint density at radius 2 is 2.00 bits per heavy atom. The first kappa shape index (κ1) is 20.4. The maximum atomic E-state index is 8.15. The van der Waals surface area contributed by atoms with Gasteiger partial charge in [-0.2, -0.15) is 0 Å². The number of allylic oxidation sites excluding steroid dienone is 12. The highest BCUT2D eigenvalue weighted by Crippen LogP contribution is 2.21. The highest BCUT2D eigenvalue weighted by atomic mass is 127. The highest BCUT2D eigenvalue weighted by Gasteiger charge is 2.14. The molecule has 0 saturated heterocycles. The van der Waals surface area contributed by atoms with E-state index in [1.54, 1.807) is 0 Å². The van der Waals surface area contributed by atoms with E-state index in [1.807, 2.05) is 55.5 Å². The Labute approximate surface area is 159 Å². The summed E-state index contributed by atoms with van der Waals surface area (Å²) < 4.78 is 5.66. The first-order chi connectivity index (χ1) is 11.6. The fourth-order valence-corrected chi connectivity index (χ4v) is 2.75. The molecule has 0 aliphatic heterocycles. The Kier molecular flexibility index (Phi) is 10.1. The van der Waals surface area contributed by atoms with Gasteiger partial charge in [0.05, 0.1) is 10.5 Å². The van der Waals surface area contributed by atoms with Gasteiger partial charge in [-0.3, -0.25) is 5.41 Å². The van der Waals surface area contributed by atoms with Gasteiger partial charge in [0, 0.05) is 6.42 Å². The van der Waals surface area contributed by atoms with Gasteiger partial charge in [0.1, 0.15) is 0 Å². The summed E-state index contributed by atoms with van der Waals surface area (Å²) in [6, 6.07) is 0. The highest BCUT2D eigenvalue weighted by molar-refractivity contribution is 14.1. The molecule has 0 aromatic carbocycles. The molecule has 0 unspecified atom stereocenters. The minimum atomic E-state index is 0.0284. The molecule has 1 rings (SSSR count). The molecular weight excluding hydrogens is 409 g/mol. The zero-order valence-corrected chi connectivity index (χ0v) is 16.6. The van der Waals surface area contributed by atoms with Crippen LogP contribution in [0.2, 0.25) is 0 Å². The van der Waals surface area contributed by atoms with Crippen LogP contribution in [0, 0.1) is 5.41 Å². The molecule has 128 valence electrons. The van der Waals surface area contributed by atoms with Gasteiger partial charge >= 0.3 is 0 Å². The maximum absolute atomic E-state index is 8.15. The third-order valence-corrected chi connectivity index (χ3v) is 4.59. The second-order valence-corrected chi connectivity index (χ2v) is 6.92. The number of ether oxygens (including phenoxy) is 1. The van der Waals surface area contributed by atoms with Gasteiger partial charge in [0.25, 0.3) is 0 Å². The van der Waals surface area contributed by atoms with Crippen LogP contribution in [0.25, 0.3) is 0 Å². The van der Waals surface area contributed by atoms with Crippen LogP contribution in [0.15, 0.2) is 84.1 Å². The van der Waals surface area contributed by atoms with Crippen LogP contribution in [0.1, 0.15) is 26.7 Å². The Hall–Kier alpha value is -1.62. The molecule has 3 heteroatoms. The molecule has 1 aliphatic rings. The monoisotopic (exact) mass is 435 g/mol. The summed E-state index contributed by atoms with van der Waals surface area (Å²) in [5.41, 5.74) is 3.58. The molecule has 0 spiro atoms. The van der Waals surface area contributed by atoms with Crippen molar-refractivity contribution >= 4 is 28.5 Å². The molecule has 0 saturated carbocycles. The zero-order chi connectivity index (χ0) is 17.8. The van der Waals surface area contributed by atoms with Crippen molar-refractivity contribution in [2.24, 2.45) is 0 Å². The lowest BCUT2D eigenvalue weighted by Crippen LogP contribution is -2.18. The van der Waals surface area contributed by atoms with Gasteiger partial charge in [-0.05, 0) is 37.0 Å². The van der Waals surface area contributed by atoms with Crippen LogP contribution in [0.5, 0.6) is 0 Å². The molecule has 0 radical (unpaired) electrons. The van der Waals surface area contributed by atoms with Crippen LogP contribution in [-0.4, -0.2) is 16.4 Å². The van der Waals surface area contributed by atoms with Crippen LogP contribution in [-0.2, 0) is 4.74 Å². The molecule has 0 aromatic heterocycles. The fraction of sp³-hybridized carbons (Fsp3) is 0.286. The molecule has 1 atom stereocenters. The lowest BCUT2D eigenvalue weighted by molar-refractivity contribution is 0.300. The molecule has 2 nitrogen and oxygen atoms in total. The number of alkyl halides is 1. The summed E-state index contributed by atoms with van der Waals surface area (Å²) in [5, 5.41) is 8.15. The number of hydrogen-bond acceptors (Lipinski definition) is 2. The summed E-state index contributed by atoms with van der Waals surface area (Å²) in [7, 11) is 0. The SMILES string of the molecule is C=C/C(=C\C=C/C)CCOC(=N)[C@@H](I)CC1=C(C)/C=C\C=C/C=C1. The zero-order valence-electron chi connectivity index (χ0n) is 14.5. The first-order valence-corrected chi connectivity index (χ1v) is 9.33.